The molecular weight excluding hydrogens is 484 g/mol. The van der Waals surface area contributed by atoms with Gasteiger partial charge in [-0.05, 0) is 60.9 Å². The maximum Gasteiger partial charge on any atom is 0.416 e. The molecule has 1 aromatic carbocycles. The Hall–Kier alpha value is -3.20. The van der Waals surface area contributed by atoms with E-state index < -0.39 is 34.5 Å². The molecule has 1 saturated carbocycles. The van der Waals surface area contributed by atoms with Crippen LogP contribution in [0.15, 0.2) is 60.9 Å². The smallest absolute Gasteiger partial charge is 0.352 e. The van der Waals surface area contributed by atoms with Crippen LogP contribution in [0, 0.1) is 5.82 Å². The Kier molecular flexibility index (Phi) is 6.73. The Labute approximate surface area is 204 Å². The van der Waals surface area contributed by atoms with E-state index in [-0.39, 0.29) is 12.0 Å². The number of urea groups is 1. The van der Waals surface area contributed by atoms with Crippen molar-refractivity contribution in [2.45, 2.75) is 49.2 Å². The molecule has 1 aliphatic carbocycles. The predicted molar refractivity (Wildman–Crippen MR) is 123 cm³/mol. The van der Waals surface area contributed by atoms with Crippen LogP contribution < -0.4 is 11.1 Å². The lowest BCUT2D eigenvalue weighted by molar-refractivity contribution is -0.137. The van der Waals surface area contributed by atoms with Crippen molar-refractivity contribution in [1.82, 2.24) is 15.3 Å². The molecule has 1 aliphatic rings. The Bertz CT molecular complexity index is 1200. The molecule has 0 saturated heterocycles. The third kappa shape index (κ3) is 4.82. The molecule has 1 fully saturated rings. The van der Waals surface area contributed by atoms with Crippen LogP contribution in [-0.4, -0.2) is 21.5 Å². The van der Waals surface area contributed by atoms with Gasteiger partial charge in [-0.1, -0.05) is 30.5 Å². The third-order valence-corrected chi connectivity index (χ3v) is 6.92. The number of nitrogens with one attached hydrogen (secondary N) is 1. The molecule has 0 radical (unpaired) electrons. The van der Waals surface area contributed by atoms with Crippen LogP contribution in [0.3, 0.4) is 0 Å². The van der Waals surface area contributed by atoms with Gasteiger partial charge in [-0.2, -0.15) is 13.2 Å². The van der Waals surface area contributed by atoms with Gasteiger partial charge < -0.3 is 11.1 Å². The molecular formula is C25H23ClF4N4O. The van der Waals surface area contributed by atoms with Crippen LogP contribution in [-0.2, 0) is 18.0 Å². The van der Waals surface area contributed by atoms with Crippen molar-refractivity contribution in [2.24, 2.45) is 5.73 Å². The van der Waals surface area contributed by atoms with E-state index >= 15 is 0 Å². The standard InChI is InChI=1S/C25H23ClF4N4O/c26-18-6-7-21(33-15-18)24(14-20-5-1-4-10-32-20,23(34-22(31)35)8-2-3-9-23)16-11-17(25(28,29)30)13-19(27)12-16/h1,4-7,10-13,15H,2-3,8-9,14H2,(H3,31,34,35). The zero-order valence-electron chi connectivity index (χ0n) is 18.6. The van der Waals surface area contributed by atoms with E-state index in [1.165, 1.54) is 6.20 Å². The van der Waals surface area contributed by atoms with Crippen molar-refractivity contribution in [3.8, 4) is 0 Å². The molecule has 2 heterocycles. The number of aromatic nitrogens is 2. The fourth-order valence-electron chi connectivity index (χ4n) is 5.31. The van der Waals surface area contributed by atoms with Crippen molar-refractivity contribution in [3.63, 3.8) is 0 Å². The summed E-state index contributed by atoms with van der Waals surface area (Å²) in [5.74, 6) is -1.05. The van der Waals surface area contributed by atoms with Crippen LogP contribution in [0.5, 0.6) is 0 Å². The van der Waals surface area contributed by atoms with E-state index in [4.69, 9.17) is 17.3 Å². The fraction of sp³-hybridized carbons (Fsp3) is 0.320. The van der Waals surface area contributed by atoms with E-state index in [0.717, 1.165) is 12.1 Å². The number of carbonyl (C=O) groups is 1. The van der Waals surface area contributed by atoms with Gasteiger partial charge in [0.1, 0.15) is 5.82 Å². The molecule has 1 atom stereocenters. The molecule has 4 rings (SSSR count). The van der Waals surface area contributed by atoms with Crippen molar-refractivity contribution in [1.29, 1.82) is 0 Å². The minimum absolute atomic E-state index is 0.0148. The zero-order valence-corrected chi connectivity index (χ0v) is 19.3. The number of rotatable bonds is 6. The van der Waals surface area contributed by atoms with Gasteiger partial charge in [0, 0.05) is 24.5 Å². The van der Waals surface area contributed by atoms with Crippen molar-refractivity contribution in [2.75, 3.05) is 0 Å². The Balaban J connectivity index is 2.11. The molecule has 0 spiro atoms. The lowest BCUT2D eigenvalue weighted by Gasteiger charge is -2.49. The van der Waals surface area contributed by atoms with Gasteiger partial charge in [0.15, 0.2) is 0 Å². The Morgan fingerprint density at radius 1 is 1.06 bits per heavy atom. The first-order valence-corrected chi connectivity index (χ1v) is 11.4. The zero-order chi connectivity index (χ0) is 25.3. The monoisotopic (exact) mass is 506 g/mol. The SMILES string of the molecule is NC(=O)NC1(C(Cc2ccccn2)(c2cc(F)cc(C(F)(F)F)c2)c2ccc(Cl)cn2)CCCC1. The minimum atomic E-state index is -4.79. The predicted octanol–water partition coefficient (Wildman–Crippen LogP) is 5.80. The Morgan fingerprint density at radius 3 is 2.34 bits per heavy atom. The van der Waals surface area contributed by atoms with Gasteiger partial charge in [0.2, 0.25) is 0 Å². The molecule has 35 heavy (non-hydrogen) atoms. The number of pyridine rings is 2. The molecule has 10 heteroatoms. The van der Waals surface area contributed by atoms with Crippen LogP contribution >= 0.6 is 11.6 Å². The molecule has 1 unspecified atom stereocenters. The first-order chi connectivity index (χ1) is 16.6. The second-order valence-electron chi connectivity index (χ2n) is 8.77. The molecule has 3 aromatic rings. The molecule has 0 aliphatic heterocycles. The normalized spacial score (nSPS) is 17.1. The average Bonchev–Trinajstić information content (AvgIpc) is 3.27. The summed E-state index contributed by atoms with van der Waals surface area (Å²) in [6.45, 7) is 0. The topological polar surface area (TPSA) is 80.9 Å². The summed E-state index contributed by atoms with van der Waals surface area (Å²) < 4.78 is 56.2. The highest BCUT2D eigenvalue weighted by atomic mass is 35.5. The molecule has 2 amide bonds. The van der Waals surface area contributed by atoms with Gasteiger partial charge in [-0.15, -0.1) is 0 Å². The first kappa shape index (κ1) is 24.9. The van der Waals surface area contributed by atoms with Gasteiger partial charge in [-0.3, -0.25) is 9.97 Å². The maximum atomic E-state index is 14.8. The quantitative estimate of drug-likeness (QED) is 0.415. The van der Waals surface area contributed by atoms with E-state index in [2.05, 4.69) is 15.3 Å². The van der Waals surface area contributed by atoms with E-state index in [0.29, 0.717) is 48.2 Å². The van der Waals surface area contributed by atoms with Gasteiger partial charge in [-0.25, -0.2) is 9.18 Å². The second-order valence-corrected chi connectivity index (χ2v) is 9.21. The molecule has 2 aromatic heterocycles. The minimum Gasteiger partial charge on any atom is -0.352 e. The summed E-state index contributed by atoms with van der Waals surface area (Å²) in [6, 6.07) is 9.94. The summed E-state index contributed by atoms with van der Waals surface area (Å²) >= 11 is 6.08. The van der Waals surface area contributed by atoms with Crippen molar-refractivity contribution < 1.29 is 22.4 Å². The number of hydrogen-bond acceptors (Lipinski definition) is 3. The molecule has 0 bridgehead atoms. The molecule has 3 N–H and O–H groups in total. The van der Waals surface area contributed by atoms with E-state index in [9.17, 15) is 22.4 Å². The number of amides is 2. The second kappa shape index (κ2) is 9.45. The number of halogens is 5. The number of benzene rings is 1. The number of nitrogens with two attached hydrogens (primary N) is 1. The van der Waals surface area contributed by atoms with Crippen LogP contribution in [0.25, 0.3) is 0 Å². The lowest BCUT2D eigenvalue weighted by Crippen LogP contribution is -2.63. The summed E-state index contributed by atoms with van der Waals surface area (Å²) in [7, 11) is 0. The van der Waals surface area contributed by atoms with E-state index in [1.807, 2.05) is 0 Å². The average molecular weight is 507 g/mol. The summed E-state index contributed by atoms with van der Waals surface area (Å²) in [5.41, 5.74) is 2.72. The fourth-order valence-corrected chi connectivity index (χ4v) is 5.42. The van der Waals surface area contributed by atoms with Crippen LogP contribution in [0.2, 0.25) is 5.02 Å². The number of hydrogen-bond donors (Lipinski definition) is 2. The number of nitrogens with zero attached hydrogens (tertiary/aromatic N) is 2. The van der Waals surface area contributed by atoms with Gasteiger partial charge in [0.05, 0.1) is 27.2 Å². The van der Waals surface area contributed by atoms with Crippen LogP contribution in [0.1, 0.15) is 48.2 Å². The third-order valence-electron chi connectivity index (χ3n) is 6.69. The lowest BCUT2D eigenvalue weighted by atomic mass is 9.59. The highest BCUT2D eigenvalue weighted by Gasteiger charge is 2.57. The molecule has 5 nitrogen and oxygen atoms in total. The number of alkyl halides is 3. The summed E-state index contributed by atoms with van der Waals surface area (Å²) in [4.78, 5) is 21.1. The van der Waals surface area contributed by atoms with E-state index in [1.54, 1.807) is 36.5 Å². The van der Waals surface area contributed by atoms with Crippen LogP contribution in [0.4, 0.5) is 22.4 Å². The first-order valence-electron chi connectivity index (χ1n) is 11.0. The summed E-state index contributed by atoms with van der Waals surface area (Å²) in [6.07, 6.45) is 0.324. The Morgan fingerprint density at radius 2 is 1.77 bits per heavy atom. The van der Waals surface area contributed by atoms with Crippen molar-refractivity contribution >= 4 is 17.6 Å². The number of primary amides is 1. The molecule has 184 valence electrons. The van der Waals surface area contributed by atoms with Gasteiger partial charge >= 0.3 is 12.2 Å². The highest BCUT2D eigenvalue weighted by molar-refractivity contribution is 6.30. The highest BCUT2D eigenvalue weighted by Crippen LogP contribution is 2.52. The largest absolute Gasteiger partial charge is 0.416 e. The van der Waals surface area contributed by atoms with Gasteiger partial charge in [0.25, 0.3) is 0 Å². The summed E-state index contributed by atoms with van der Waals surface area (Å²) in [5, 5.41) is 3.16. The number of carbonyl (C=O) groups excluding carboxylic acids is 1. The maximum absolute atomic E-state index is 14.8. The van der Waals surface area contributed by atoms with Crippen molar-refractivity contribution in [3.05, 3.63) is 94.3 Å².